The Morgan fingerprint density at radius 2 is 1.41 bits per heavy atom. The van der Waals surface area contributed by atoms with Gasteiger partial charge in [-0.05, 0) is 28.8 Å². The average molecular weight is 377 g/mol. The Morgan fingerprint density at radius 3 is 1.96 bits per heavy atom. The highest BCUT2D eigenvalue weighted by Gasteiger charge is 2.53. The third kappa shape index (κ3) is 2.98. The number of carbonyl (C=O) groups is 2. The van der Waals surface area contributed by atoms with E-state index < -0.39 is 11.6 Å². The lowest BCUT2D eigenvalue weighted by atomic mass is 9.82. The highest BCUT2D eigenvalue weighted by atomic mass is 35.5. The quantitative estimate of drug-likeness (QED) is 0.689. The summed E-state index contributed by atoms with van der Waals surface area (Å²) in [5, 5.41) is 3.51. The van der Waals surface area contributed by atoms with Gasteiger partial charge in [-0.1, -0.05) is 84.4 Å². The summed E-state index contributed by atoms with van der Waals surface area (Å²) in [4.78, 5) is 27.6. The zero-order chi connectivity index (χ0) is 18.9. The van der Waals surface area contributed by atoms with Gasteiger partial charge in [-0.15, -0.1) is 0 Å². The normalized spacial score (nSPS) is 15.7. The molecule has 3 aromatic rings. The molecule has 1 N–H and O–H groups in total. The van der Waals surface area contributed by atoms with Crippen molar-refractivity contribution in [1.29, 1.82) is 0 Å². The van der Waals surface area contributed by atoms with Crippen molar-refractivity contribution in [2.45, 2.75) is 12.1 Å². The van der Waals surface area contributed by atoms with Gasteiger partial charge in [-0.25, -0.2) is 4.79 Å². The van der Waals surface area contributed by atoms with Crippen molar-refractivity contribution in [3.63, 3.8) is 0 Å². The number of rotatable bonds is 4. The molecule has 4 nitrogen and oxygen atoms in total. The molecule has 0 spiro atoms. The molecule has 0 aromatic heterocycles. The van der Waals surface area contributed by atoms with Gasteiger partial charge in [0.05, 0.1) is 6.54 Å². The van der Waals surface area contributed by atoms with E-state index in [1.165, 1.54) is 4.90 Å². The molecule has 0 unspecified atom stereocenters. The Kier molecular flexibility index (Phi) is 4.42. The first-order valence-corrected chi connectivity index (χ1v) is 8.98. The number of hydrogen-bond acceptors (Lipinski definition) is 2. The first kappa shape index (κ1) is 17.3. The van der Waals surface area contributed by atoms with Crippen LogP contribution in [0.2, 0.25) is 5.02 Å². The van der Waals surface area contributed by atoms with Gasteiger partial charge < -0.3 is 5.32 Å². The minimum absolute atomic E-state index is 0.159. The second-order valence-corrected chi connectivity index (χ2v) is 6.87. The highest BCUT2D eigenvalue weighted by Crippen LogP contribution is 2.36. The summed E-state index contributed by atoms with van der Waals surface area (Å²) in [7, 11) is 0. The van der Waals surface area contributed by atoms with Gasteiger partial charge in [0, 0.05) is 5.02 Å². The zero-order valence-corrected chi connectivity index (χ0v) is 15.2. The Balaban J connectivity index is 1.79. The summed E-state index contributed by atoms with van der Waals surface area (Å²) in [6, 6.07) is 25.4. The van der Waals surface area contributed by atoms with E-state index in [0.29, 0.717) is 5.02 Å². The predicted octanol–water partition coefficient (Wildman–Crippen LogP) is 4.34. The lowest BCUT2D eigenvalue weighted by Crippen LogP contribution is -2.45. The van der Waals surface area contributed by atoms with Crippen LogP contribution in [0.1, 0.15) is 16.7 Å². The molecule has 4 rings (SSSR count). The van der Waals surface area contributed by atoms with Crippen molar-refractivity contribution in [3.8, 4) is 0 Å². The Bertz CT molecular complexity index is 950. The number of imide groups is 1. The smallest absolute Gasteiger partial charge is 0.315 e. The number of benzene rings is 3. The van der Waals surface area contributed by atoms with E-state index in [-0.39, 0.29) is 12.5 Å². The SMILES string of the molecule is O=C1NC(c2ccccc2)(c2ccccc2)C(=O)N1Cc1cccc(Cl)c1. The van der Waals surface area contributed by atoms with Gasteiger partial charge in [0.15, 0.2) is 5.54 Å². The molecule has 1 aliphatic heterocycles. The van der Waals surface area contributed by atoms with Gasteiger partial charge >= 0.3 is 6.03 Å². The van der Waals surface area contributed by atoms with Gasteiger partial charge in [0.2, 0.25) is 0 Å². The first-order valence-electron chi connectivity index (χ1n) is 8.61. The standard InChI is InChI=1S/C22H17ClN2O2/c23-19-13-7-8-16(14-19)15-25-20(26)22(24-21(25)27,17-9-3-1-4-10-17)18-11-5-2-6-12-18/h1-14H,15H2,(H,24,27). The van der Waals surface area contributed by atoms with Crippen molar-refractivity contribution in [3.05, 3.63) is 107 Å². The van der Waals surface area contributed by atoms with Crippen LogP contribution in [-0.2, 0) is 16.9 Å². The third-order valence-corrected chi connectivity index (χ3v) is 4.98. The summed E-state index contributed by atoms with van der Waals surface area (Å²) < 4.78 is 0. The number of carbonyl (C=O) groups excluding carboxylic acids is 2. The molecule has 27 heavy (non-hydrogen) atoms. The van der Waals surface area contributed by atoms with Gasteiger partial charge in [0.25, 0.3) is 5.91 Å². The zero-order valence-electron chi connectivity index (χ0n) is 14.4. The fourth-order valence-electron chi connectivity index (χ4n) is 3.47. The molecule has 1 fully saturated rings. The minimum Gasteiger partial charge on any atom is -0.315 e. The van der Waals surface area contributed by atoms with E-state index in [2.05, 4.69) is 5.32 Å². The van der Waals surface area contributed by atoms with E-state index in [1.54, 1.807) is 18.2 Å². The average Bonchev–Trinajstić information content (AvgIpc) is 2.95. The minimum atomic E-state index is -1.24. The largest absolute Gasteiger partial charge is 0.325 e. The van der Waals surface area contributed by atoms with Crippen LogP contribution < -0.4 is 5.32 Å². The second-order valence-electron chi connectivity index (χ2n) is 6.43. The molecule has 1 saturated heterocycles. The topological polar surface area (TPSA) is 49.4 Å². The van der Waals surface area contributed by atoms with Crippen LogP contribution in [-0.4, -0.2) is 16.8 Å². The maximum atomic E-state index is 13.5. The molecule has 1 heterocycles. The molecule has 0 radical (unpaired) electrons. The molecular weight excluding hydrogens is 360 g/mol. The van der Waals surface area contributed by atoms with E-state index >= 15 is 0 Å². The van der Waals surface area contributed by atoms with Crippen LogP contribution in [0.4, 0.5) is 4.79 Å². The van der Waals surface area contributed by atoms with Crippen molar-refractivity contribution in [2.24, 2.45) is 0 Å². The van der Waals surface area contributed by atoms with Crippen LogP contribution in [0.25, 0.3) is 0 Å². The number of nitrogens with one attached hydrogen (secondary N) is 1. The van der Waals surface area contributed by atoms with Crippen molar-refractivity contribution in [1.82, 2.24) is 10.2 Å². The Labute approximate surface area is 162 Å². The van der Waals surface area contributed by atoms with Crippen molar-refractivity contribution in [2.75, 3.05) is 0 Å². The highest BCUT2D eigenvalue weighted by molar-refractivity contribution is 6.30. The van der Waals surface area contributed by atoms with E-state index in [0.717, 1.165) is 16.7 Å². The van der Waals surface area contributed by atoms with Crippen LogP contribution in [0.15, 0.2) is 84.9 Å². The fourth-order valence-corrected chi connectivity index (χ4v) is 3.68. The van der Waals surface area contributed by atoms with E-state index in [4.69, 9.17) is 11.6 Å². The Morgan fingerprint density at radius 1 is 0.815 bits per heavy atom. The first-order chi connectivity index (χ1) is 13.1. The van der Waals surface area contributed by atoms with Crippen LogP contribution in [0, 0.1) is 0 Å². The van der Waals surface area contributed by atoms with Crippen molar-refractivity contribution < 1.29 is 9.59 Å². The summed E-state index contributed by atoms with van der Waals surface area (Å²) in [6.07, 6.45) is 0. The predicted molar refractivity (Wildman–Crippen MR) is 104 cm³/mol. The number of halogens is 1. The maximum absolute atomic E-state index is 13.5. The number of hydrogen-bond donors (Lipinski definition) is 1. The number of nitrogens with zero attached hydrogens (tertiary/aromatic N) is 1. The summed E-state index contributed by atoms with van der Waals surface area (Å²) in [5.41, 5.74) is 1.01. The molecule has 1 aliphatic rings. The molecule has 0 saturated carbocycles. The molecule has 134 valence electrons. The van der Waals surface area contributed by atoms with Crippen LogP contribution in [0.3, 0.4) is 0 Å². The van der Waals surface area contributed by atoms with Crippen LogP contribution >= 0.6 is 11.6 Å². The molecule has 0 aliphatic carbocycles. The lowest BCUT2D eigenvalue weighted by Gasteiger charge is -2.28. The van der Waals surface area contributed by atoms with Gasteiger partial charge in [0.1, 0.15) is 0 Å². The van der Waals surface area contributed by atoms with Crippen LogP contribution in [0.5, 0.6) is 0 Å². The number of urea groups is 1. The van der Waals surface area contributed by atoms with E-state index in [9.17, 15) is 9.59 Å². The molecule has 0 atom stereocenters. The van der Waals surface area contributed by atoms with Gasteiger partial charge in [-0.3, -0.25) is 9.69 Å². The molecule has 5 heteroatoms. The van der Waals surface area contributed by atoms with E-state index in [1.807, 2.05) is 66.7 Å². The summed E-state index contributed by atoms with van der Waals surface area (Å²) in [6.45, 7) is 0.159. The summed E-state index contributed by atoms with van der Waals surface area (Å²) in [5.74, 6) is -0.301. The molecule has 3 amide bonds. The lowest BCUT2D eigenvalue weighted by molar-refractivity contribution is -0.130. The Hall–Kier alpha value is -3.11. The molecular formula is C22H17ClN2O2. The third-order valence-electron chi connectivity index (χ3n) is 4.75. The van der Waals surface area contributed by atoms with Gasteiger partial charge in [-0.2, -0.15) is 0 Å². The second kappa shape index (κ2) is 6.89. The maximum Gasteiger partial charge on any atom is 0.325 e. The molecule has 0 bridgehead atoms. The van der Waals surface area contributed by atoms with Crippen molar-refractivity contribution >= 4 is 23.5 Å². The summed E-state index contributed by atoms with van der Waals surface area (Å²) >= 11 is 6.05. The number of amides is 3. The fraction of sp³-hybridized carbons (Fsp3) is 0.0909. The monoisotopic (exact) mass is 376 g/mol. The molecule has 3 aromatic carbocycles.